The first-order valence-electron chi connectivity index (χ1n) is 8.84. The first-order chi connectivity index (χ1) is 13.4. The van der Waals surface area contributed by atoms with Gasteiger partial charge in [0.25, 0.3) is 10.0 Å². The van der Waals surface area contributed by atoms with Crippen molar-refractivity contribution in [3.63, 3.8) is 0 Å². The summed E-state index contributed by atoms with van der Waals surface area (Å²) in [6, 6.07) is 8.88. The molecule has 4 aromatic rings. The second-order valence-corrected chi connectivity index (χ2v) is 8.20. The molecule has 0 atom stereocenters. The molecule has 0 unspecified atom stereocenters. The van der Waals surface area contributed by atoms with E-state index in [4.69, 9.17) is 0 Å². The number of pyridine rings is 1. The number of sulfonamides is 1. The molecule has 1 aromatic carbocycles. The van der Waals surface area contributed by atoms with Crippen LogP contribution >= 0.6 is 0 Å². The van der Waals surface area contributed by atoms with Gasteiger partial charge in [-0.3, -0.25) is 9.40 Å². The highest BCUT2D eigenvalue weighted by Gasteiger charge is 2.20. The summed E-state index contributed by atoms with van der Waals surface area (Å²) in [5.41, 5.74) is 3.05. The van der Waals surface area contributed by atoms with E-state index in [1.54, 1.807) is 34.9 Å². The second kappa shape index (κ2) is 6.75. The minimum absolute atomic E-state index is 0.0846. The number of benzene rings is 1. The summed E-state index contributed by atoms with van der Waals surface area (Å²) >= 11 is 0. The molecule has 0 radical (unpaired) electrons. The molecule has 3 heterocycles. The number of hydrogen-bond acceptors (Lipinski definition) is 5. The summed E-state index contributed by atoms with van der Waals surface area (Å²) in [4.78, 5) is 4.33. The molecular weight excluding hydrogens is 376 g/mol. The van der Waals surface area contributed by atoms with E-state index < -0.39 is 10.0 Å². The second-order valence-electron chi connectivity index (χ2n) is 6.52. The van der Waals surface area contributed by atoms with Gasteiger partial charge in [-0.05, 0) is 37.1 Å². The smallest absolute Gasteiger partial charge is 0.263 e. The van der Waals surface area contributed by atoms with Crippen LogP contribution in [0.5, 0.6) is 0 Å². The Morgan fingerprint density at radius 3 is 2.57 bits per heavy atom. The number of aryl methyl sites for hydroxylation is 3. The highest BCUT2D eigenvalue weighted by atomic mass is 32.2. The van der Waals surface area contributed by atoms with Gasteiger partial charge >= 0.3 is 0 Å². The maximum atomic E-state index is 13.0. The lowest BCUT2D eigenvalue weighted by Crippen LogP contribution is -2.16. The lowest BCUT2D eigenvalue weighted by molar-refractivity contribution is 0.600. The molecule has 144 valence electrons. The van der Waals surface area contributed by atoms with E-state index in [-0.39, 0.29) is 4.90 Å². The van der Waals surface area contributed by atoms with Crippen LogP contribution in [-0.2, 0) is 23.5 Å². The molecule has 0 spiro atoms. The summed E-state index contributed by atoms with van der Waals surface area (Å²) < 4.78 is 32.0. The molecule has 1 N–H and O–H groups in total. The van der Waals surface area contributed by atoms with Crippen molar-refractivity contribution >= 4 is 26.6 Å². The van der Waals surface area contributed by atoms with Gasteiger partial charge in [-0.25, -0.2) is 18.1 Å². The fourth-order valence-electron chi connectivity index (χ4n) is 3.12. The Bertz CT molecular complexity index is 1260. The van der Waals surface area contributed by atoms with Gasteiger partial charge in [0.05, 0.1) is 23.1 Å². The molecule has 0 aliphatic rings. The molecule has 9 heteroatoms. The summed E-state index contributed by atoms with van der Waals surface area (Å²) in [5, 5.41) is 9.40. The van der Waals surface area contributed by atoms with Gasteiger partial charge in [0.2, 0.25) is 0 Å². The zero-order chi connectivity index (χ0) is 19.9. The summed E-state index contributed by atoms with van der Waals surface area (Å²) in [5.74, 6) is 0.551. The van der Waals surface area contributed by atoms with Crippen molar-refractivity contribution in [2.24, 2.45) is 7.05 Å². The highest BCUT2D eigenvalue weighted by Crippen LogP contribution is 2.29. The number of aromatic nitrogens is 5. The molecule has 3 aromatic heterocycles. The molecule has 0 saturated heterocycles. The molecule has 0 aliphatic heterocycles. The minimum atomic E-state index is -3.81. The molecular formula is C19H20N6O2S. The predicted octanol–water partition coefficient (Wildman–Crippen LogP) is 2.83. The number of rotatable bonds is 5. The van der Waals surface area contributed by atoms with Crippen molar-refractivity contribution in [3.8, 4) is 5.82 Å². The van der Waals surface area contributed by atoms with E-state index >= 15 is 0 Å². The maximum absolute atomic E-state index is 13.0. The van der Waals surface area contributed by atoms with Gasteiger partial charge in [0.1, 0.15) is 4.90 Å². The van der Waals surface area contributed by atoms with Crippen molar-refractivity contribution in [2.75, 3.05) is 4.72 Å². The molecule has 0 amide bonds. The highest BCUT2D eigenvalue weighted by molar-refractivity contribution is 7.92. The third-order valence-electron chi connectivity index (χ3n) is 4.59. The van der Waals surface area contributed by atoms with E-state index in [2.05, 4.69) is 19.9 Å². The van der Waals surface area contributed by atoms with Crippen molar-refractivity contribution < 1.29 is 8.42 Å². The fraction of sp³-hybridized carbons (Fsp3) is 0.211. The fourth-order valence-corrected chi connectivity index (χ4v) is 4.17. The molecule has 8 nitrogen and oxygen atoms in total. The van der Waals surface area contributed by atoms with Crippen LogP contribution in [0.15, 0.2) is 53.8 Å². The van der Waals surface area contributed by atoms with Crippen molar-refractivity contribution in [3.05, 3.63) is 60.2 Å². The Morgan fingerprint density at radius 2 is 1.93 bits per heavy atom. The number of hydrogen-bond donors (Lipinski definition) is 1. The topological polar surface area (TPSA) is 94.7 Å². The maximum Gasteiger partial charge on any atom is 0.263 e. The SMILES string of the molecule is CCc1ccc2cnn(C)c2c1NS(=O)(=O)c1ccc(-n2ccc(C)n2)nc1. The molecule has 0 fully saturated rings. The molecule has 4 rings (SSSR count). The van der Waals surface area contributed by atoms with E-state index in [9.17, 15) is 8.42 Å². The minimum Gasteiger partial charge on any atom is -0.277 e. The Labute approximate surface area is 162 Å². The van der Waals surface area contributed by atoms with Gasteiger partial charge in [0.15, 0.2) is 5.82 Å². The summed E-state index contributed by atoms with van der Waals surface area (Å²) in [7, 11) is -2.02. The van der Waals surface area contributed by atoms with Crippen LogP contribution in [-0.4, -0.2) is 33.0 Å². The average molecular weight is 396 g/mol. The standard InChI is InChI=1S/C19H20N6O2S/c1-4-14-5-6-15-11-21-24(3)19(15)18(14)23-28(26,27)16-7-8-17(20-12-16)25-10-9-13(2)22-25/h5-12,23H,4H2,1-3H3. The Morgan fingerprint density at radius 1 is 1.11 bits per heavy atom. The number of anilines is 1. The van der Waals surface area contributed by atoms with Crippen LogP contribution in [0.1, 0.15) is 18.2 Å². The number of nitrogens with zero attached hydrogens (tertiary/aromatic N) is 5. The monoisotopic (exact) mass is 396 g/mol. The van der Waals surface area contributed by atoms with Crippen LogP contribution in [0.4, 0.5) is 5.69 Å². The first kappa shape index (κ1) is 18.2. The van der Waals surface area contributed by atoms with Gasteiger partial charge in [-0.1, -0.05) is 19.1 Å². The lowest BCUT2D eigenvalue weighted by Gasteiger charge is -2.14. The van der Waals surface area contributed by atoms with Crippen molar-refractivity contribution in [1.29, 1.82) is 0 Å². The van der Waals surface area contributed by atoms with Gasteiger partial charge in [-0.2, -0.15) is 10.2 Å². The predicted molar refractivity (Wildman–Crippen MR) is 107 cm³/mol. The van der Waals surface area contributed by atoms with Crippen LogP contribution in [0.25, 0.3) is 16.7 Å². The largest absolute Gasteiger partial charge is 0.277 e. The summed E-state index contributed by atoms with van der Waals surface area (Å²) in [6.07, 6.45) is 5.52. The van der Waals surface area contributed by atoms with Crippen LogP contribution in [0.3, 0.4) is 0 Å². The molecule has 0 aliphatic carbocycles. The van der Waals surface area contributed by atoms with Crippen molar-refractivity contribution in [2.45, 2.75) is 25.2 Å². The van der Waals surface area contributed by atoms with E-state index in [1.807, 2.05) is 32.0 Å². The van der Waals surface area contributed by atoms with Crippen molar-refractivity contribution in [1.82, 2.24) is 24.5 Å². The number of nitrogens with one attached hydrogen (secondary N) is 1. The van der Waals surface area contributed by atoms with E-state index in [1.165, 1.54) is 12.3 Å². The normalized spacial score (nSPS) is 11.8. The molecule has 28 heavy (non-hydrogen) atoms. The average Bonchev–Trinajstić information content (AvgIpc) is 3.28. The first-order valence-corrected chi connectivity index (χ1v) is 10.3. The lowest BCUT2D eigenvalue weighted by atomic mass is 10.1. The third kappa shape index (κ3) is 3.13. The molecule has 0 saturated carbocycles. The van der Waals surface area contributed by atoms with Gasteiger partial charge < -0.3 is 0 Å². The Kier molecular flexibility index (Phi) is 4.38. The van der Waals surface area contributed by atoms with Crippen LogP contribution in [0.2, 0.25) is 0 Å². The zero-order valence-electron chi connectivity index (χ0n) is 15.8. The quantitative estimate of drug-likeness (QED) is 0.560. The Hall–Kier alpha value is -3.20. The van der Waals surface area contributed by atoms with Gasteiger partial charge in [0, 0.05) is 24.8 Å². The van der Waals surface area contributed by atoms with Crippen LogP contribution in [0, 0.1) is 6.92 Å². The summed E-state index contributed by atoms with van der Waals surface area (Å²) in [6.45, 7) is 3.86. The third-order valence-corrected chi connectivity index (χ3v) is 5.93. The molecule has 0 bridgehead atoms. The van der Waals surface area contributed by atoms with Gasteiger partial charge in [-0.15, -0.1) is 0 Å². The Balaban J connectivity index is 1.72. The number of fused-ring (bicyclic) bond motifs is 1. The zero-order valence-corrected chi connectivity index (χ0v) is 16.6. The van der Waals surface area contributed by atoms with E-state index in [0.29, 0.717) is 17.9 Å². The van der Waals surface area contributed by atoms with E-state index in [0.717, 1.165) is 22.2 Å². The van der Waals surface area contributed by atoms with Crippen LogP contribution < -0.4 is 4.72 Å².